The van der Waals surface area contributed by atoms with Gasteiger partial charge in [0, 0.05) is 19.0 Å². The summed E-state index contributed by atoms with van der Waals surface area (Å²) >= 11 is 0. The summed E-state index contributed by atoms with van der Waals surface area (Å²) in [4.78, 5) is 25.5. The van der Waals surface area contributed by atoms with Crippen LogP contribution in [-0.2, 0) is 4.74 Å². The molecule has 1 unspecified atom stereocenters. The summed E-state index contributed by atoms with van der Waals surface area (Å²) in [7, 11) is 0. The molecule has 0 aliphatic heterocycles. The molecule has 1 atom stereocenters. The van der Waals surface area contributed by atoms with E-state index in [0.29, 0.717) is 43.6 Å². The highest BCUT2D eigenvalue weighted by atomic mass is 16.6. The molecule has 0 saturated heterocycles. The van der Waals surface area contributed by atoms with E-state index in [9.17, 15) is 14.9 Å². The van der Waals surface area contributed by atoms with Crippen LogP contribution in [0.25, 0.3) is 0 Å². The van der Waals surface area contributed by atoms with Crippen molar-refractivity contribution in [2.24, 2.45) is 0 Å². The Morgan fingerprint density at radius 3 is 2.30 bits per heavy atom. The van der Waals surface area contributed by atoms with Gasteiger partial charge in [-0.1, -0.05) is 13.3 Å². The molecule has 0 aliphatic rings. The highest BCUT2D eigenvalue weighted by molar-refractivity contribution is 5.68. The van der Waals surface area contributed by atoms with Crippen molar-refractivity contribution in [1.82, 2.24) is 4.90 Å². The summed E-state index contributed by atoms with van der Waals surface area (Å²) < 4.78 is 17.3. The van der Waals surface area contributed by atoms with Crippen LogP contribution in [0.4, 0.5) is 10.5 Å². The quantitative estimate of drug-likeness (QED) is 0.149. The van der Waals surface area contributed by atoms with Gasteiger partial charge in [0.25, 0.3) is 0 Å². The van der Waals surface area contributed by atoms with Crippen molar-refractivity contribution in [3.8, 4) is 23.6 Å². The van der Waals surface area contributed by atoms with Crippen LogP contribution in [-0.4, -0.2) is 40.9 Å². The van der Waals surface area contributed by atoms with Gasteiger partial charge in [0.05, 0.1) is 34.8 Å². The Morgan fingerprint density at radius 2 is 1.73 bits per heavy atom. The van der Waals surface area contributed by atoms with Crippen LogP contribution in [0, 0.1) is 32.8 Å². The molecule has 0 aliphatic carbocycles. The predicted octanol–water partition coefficient (Wildman–Crippen LogP) is 5.94. The number of carbonyl (C=O) groups is 1. The third kappa shape index (κ3) is 9.34. The second-order valence-corrected chi connectivity index (χ2v) is 9.28. The lowest BCUT2D eigenvalue weighted by Gasteiger charge is -2.33. The number of benzene rings is 2. The second-order valence-electron chi connectivity index (χ2n) is 9.28. The fraction of sp³-hybridized carbons (Fsp3) is 0.444. The Bertz CT molecular complexity index is 1150. The number of carbonyl (C=O) groups excluding carboxylic acids is 1. The van der Waals surface area contributed by atoms with E-state index in [0.717, 1.165) is 6.07 Å². The molecule has 37 heavy (non-hydrogen) atoms. The van der Waals surface area contributed by atoms with Crippen LogP contribution in [0.2, 0.25) is 0 Å². The first-order valence-electron chi connectivity index (χ1n) is 12.1. The molecule has 196 valence electrons. The summed E-state index contributed by atoms with van der Waals surface area (Å²) in [6.07, 6.45) is 0.846. The molecule has 2 aromatic rings. The number of nitriles is 2. The number of nitrogens with zero attached hydrogens (tertiary/aromatic N) is 4. The minimum Gasteiger partial charge on any atom is -0.494 e. The van der Waals surface area contributed by atoms with E-state index in [1.165, 1.54) is 17.0 Å². The van der Waals surface area contributed by atoms with E-state index >= 15 is 0 Å². The lowest BCUT2D eigenvalue weighted by molar-refractivity contribution is -0.386. The van der Waals surface area contributed by atoms with Gasteiger partial charge in [-0.2, -0.15) is 10.5 Å². The molecule has 0 bridgehead atoms. The van der Waals surface area contributed by atoms with Crippen molar-refractivity contribution in [1.29, 1.82) is 10.5 Å². The monoisotopic (exact) mass is 508 g/mol. The maximum absolute atomic E-state index is 13.1. The number of amides is 1. The van der Waals surface area contributed by atoms with E-state index in [1.807, 2.05) is 13.0 Å². The molecule has 0 fully saturated rings. The van der Waals surface area contributed by atoms with Crippen LogP contribution in [0.15, 0.2) is 42.5 Å². The van der Waals surface area contributed by atoms with Crippen molar-refractivity contribution < 1.29 is 23.9 Å². The Balaban J connectivity index is 2.16. The molecule has 0 saturated carbocycles. The Morgan fingerprint density at radius 1 is 1.08 bits per heavy atom. The summed E-state index contributed by atoms with van der Waals surface area (Å²) in [6.45, 7) is 7.87. The third-order valence-corrected chi connectivity index (χ3v) is 5.10. The van der Waals surface area contributed by atoms with Crippen LogP contribution in [0.3, 0.4) is 0 Å². The van der Waals surface area contributed by atoms with Gasteiger partial charge in [0.1, 0.15) is 11.4 Å². The summed E-state index contributed by atoms with van der Waals surface area (Å²) in [6, 6.07) is 14.7. The zero-order chi connectivity index (χ0) is 27.4. The van der Waals surface area contributed by atoms with Crippen molar-refractivity contribution in [2.45, 2.75) is 65.2 Å². The SMILES string of the molecule is CCCC(Oc1ccc(C#N)cc1[N+](=O)[O-])N(CCCCOc1ccc(C#N)cc1)C(=O)OC(C)(C)C. The van der Waals surface area contributed by atoms with Gasteiger partial charge >= 0.3 is 11.8 Å². The molecular formula is C27H32N4O6. The smallest absolute Gasteiger partial charge is 0.413 e. The highest BCUT2D eigenvalue weighted by Crippen LogP contribution is 2.30. The van der Waals surface area contributed by atoms with Gasteiger partial charge in [-0.25, -0.2) is 4.79 Å². The predicted molar refractivity (Wildman–Crippen MR) is 136 cm³/mol. The van der Waals surface area contributed by atoms with Crippen LogP contribution in [0.1, 0.15) is 64.5 Å². The molecule has 0 heterocycles. The highest BCUT2D eigenvalue weighted by Gasteiger charge is 2.31. The van der Waals surface area contributed by atoms with Crippen molar-refractivity contribution >= 4 is 11.8 Å². The van der Waals surface area contributed by atoms with Crippen molar-refractivity contribution in [3.63, 3.8) is 0 Å². The summed E-state index contributed by atoms with van der Waals surface area (Å²) in [5.41, 5.74) is -0.409. The fourth-order valence-electron chi connectivity index (χ4n) is 3.37. The normalized spacial score (nSPS) is 11.5. The van der Waals surface area contributed by atoms with E-state index in [-0.39, 0.29) is 23.5 Å². The van der Waals surface area contributed by atoms with E-state index in [1.54, 1.807) is 45.0 Å². The molecule has 2 aromatic carbocycles. The minimum absolute atomic E-state index is 0.0276. The standard InChI is InChI=1S/C27H32N4O6/c1-5-8-25(36-24-14-11-21(19-29)17-23(24)31(33)34)30(26(32)37-27(2,3)4)15-6-7-16-35-22-12-9-20(18-28)10-13-22/h9-14,17,25H,5-8,15-16H2,1-4H3. The van der Waals surface area contributed by atoms with Gasteiger partial charge in [-0.05, 0) is 70.0 Å². The average molecular weight is 509 g/mol. The first-order chi connectivity index (χ1) is 17.6. The van der Waals surface area contributed by atoms with Crippen LogP contribution >= 0.6 is 0 Å². The molecule has 0 radical (unpaired) electrons. The summed E-state index contributed by atoms with van der Waals surface area (Å²) in [5, 5.41) is 29.6. The topological polar surface area (TPSA) is 139 Å². The molecule has 10 heteroatoms. The van der Waals surface area contributed by atoms with E-state index < -0.39 is 22.8 Å². The lowest BCUT2D eigenvalue weighted by Crippen LogP contribution is -2.46. The first kappa shape index (κ1) is 28.9. The maximum Gasteiger partial charge on any atom is 0.413 e. The Hall–Kier alpha value is -4.31. The number of unbranched alkanes of at least 4 members (excludes halogenated alkanes) is 1. The number of nitro benzene ring substituents is 1. The number of ether oxygens (including phenoxy) is 3. The van der Waals surface area contributed by atoms with Crippen molar-refractivity contribution in [3.05, 3.63) is 63.7 Å². The van der Waals surface area contributed by atoms with Gasteiger partial charge in [-0.3, -0.25) is 15.0 Å². The molecular weight excluding hydrogens is 476 g/mol. The summed E-state index contributed by atoms with van der Waals surface area (Å²) in [5.74, 6) is 0.614. The Kier molecular flexibility index (Phi) is 10.7. The van der Waals surface area contributed by atoms with Crippen LogP contribution in [0.5, 0.6) is 11.5 Å². The second kappa shape index (κ2) is 13.7. The third-order valence-electron chi connectivity index (χ3n) is 5.10. The van der Waals surface area contributed by atoms with Crippen molar-refractivity contribution in [2.75, 3.05) is 13.2 Å². The molecule has 10 nitrogen and oxygen atoms in total. The van der Waals surface area contributed by atoms with Gasteiger partial charge in [0.15, 0.2) is 12.0 Å². The number of hydrogen-bond donors (Lipinski definition) is 0. The van der Waals surface area contributed by atoms with Crippen LogP contribution < -0.4 is 9.47 Å². The number of nitro groups is 1. The maximum atomic E-state index is 13.1. The zero-order valence-electron chi connectivity index (χ0n) is 21.6. The van der Waals surface area contributed by atoms with Gasteiger partial charge < -0.3 is 14.2 Å². The van der Waals surface area contributed by atoms with E-state index in [4.69, 9.17) is 24.7 Å². The molecule has 0 spiro atoms. The molecule has 2 rings (SSSR count). The molecule has 1 amide bonds. The average Bonchev–Trinajstić information content (AvgIpc) is 2.85. The fourth-order valence-corrected chi connectivity index (χ4v) is 3.37. The van der Waals surface area contributed by atoms with Gasteiger partial charge in [-0.15, -0.1) is 0 Å². The van der Waals surface area contributed by atoms with Gasteiger partial charge in [0.2, 0.25) is 0 Å². The number of rotatable bonds is 12. The van der Waals surface area contributed by atoms with E-state index in [2.05, 4.69) is 6.07 Å². The first-order valence-corrected chi connectivity index (χ1v) is 12.1. The zero-order valence-corrected chi connectivity index (χ0v) is 21.6. The Labute approximate surface area is 217 Å². The minimum atomic E-state index is -0.814. The lowest BCUT2D eigenvalue weighted by atomic mass is 10.2. The molecule has 0 N–H and O–H groups in total. The largest absolute Gasteiger partial charge is 0.494 e. The molecule has 0 aromatic heterocycles. The number of hydrogen-bond acceptors (Lipinski definition) is 8.